The van der Waals surface area contributed by atoms with Crippen LogP contribution in [0.5, 0.6) is 0 Å². The van der Waals surface area contributed by atoms with E-state index in [2.05, 4.69) is 33.9 Å². The molecule has 0 saturated carbocycles. The molecule has 0 N–H and O–H groups in total. The zero-order chi connectivity index (χ0) is 21.7. The van der Waals surface area contributed by atoms with Crippen LogP contribution in [0.2, 0.25) is 0 Å². The maximum atomic E-state index is 10.4. The summed E-state index contributed by atoms with van der Waals surface area (Å²) in [5.74, 6) is -1.02. The first kappa shape index (κ1) is 31.4. The van der Waals surface area contributed by atoms with E-state index in [0.717, 1.165) is 6.08 Å². The molecule has 0 amide bonds. The number of carbonyl (C=O) groups is 3. The van der Waals surface area contributed by atoms with Crippen LogP contribution < -0.4 is 0 Å². The summed E-state index contributed by atoms with van der Waals surface area (Å²) in [5.41, 5.74) is 0.884. The predicted molar refractivity (Wildman–Crippen MR) is 105 cm³/mol. The largest absolute Gasteiger partial charge is 0.466 e. The number of hydrogen-bond acceptors (Lipinski definition) is 7. The molecule has 0 saturated heterocycles. The van der Waals surface area contributed by atoms with Crippen molar-refractivity contribution in [3.05, 3.63) is 37.0 Å². The molecule has 0 aromatic rings. The van der Waals surface area contributed by atoms with E-state index >= 15 is 0 Å². The van der Waals surface area contributed by atoms with Gasteiger partial charge in [-0.25, -0.2) is 14.4 Å². The fourth-order valence-electron chi connectivity index (χ4n) is 0.630. The molecule has 0 aliphatic carbocycles. The van der Waals surface area contributed by atoms with E-state index in [1.165, 1.54) is 7.11 Å². The van der Waals surface area contributed by atoms with Crippen LogP contribution in [0.25, 0.3) is 0 Å². The Morgan fingerprint density at radius 1 is 0.885 bits per heavy atom. The van der Waals surface area contributed by atoms with Gasteiger partial charge in [-0.05, 0) is 48.8 Å². The van der Waals surface area contributed by atoms with Crippen molar-refractivity contribution in [1.82, 2.24) is 4.90 Å². The van der Waals surface area contributed by atoms with Crippen molar-refractivity contribution >= 4 is 17.9 Å². The van der Waals surface area contributed by atoms with E-state index in [-0.39, 0.29) is 17.9 Å². The van der Waals surface area contributed by atoms with Crippen LogP contribution in [0.1, 0.15) is 27.7 Å². The van der Waals surface area contributed by atoms with Gasteiger partial charge in [-0.3, -0.25) is 0 Å². The molecule has 0 atom stereocenters. The minimum absolute atomic E-state index is 0.312. The second kappa shape index (κ2) is 22.6. The van der Waals surface area contributed by atoms with Crippen molar-refractivity contribution in [3.8, 4) is 0 Å². The van der Waals surface area contributed by atoms with Crippen molar-refractivity contribution in [3.63, 3.8) is 0 Å². The van der Waals surface area contributed by atoms with Gasteiger partial charge in [-0.1, -0.05) is 19.7 Å². The third-order valence-corrected chi connectivity index (χ3v) is 1.61. The molecule has 0 aliphatic rings. The number of rotatable bonds is 5. The fourth-order valence-corrected chi connectivity index (χ4v) is 0.630. The van der Waals surface area contributed by atoms with Gasteiger partial charge in [-0.15, -0.1) is 0 Å². The maximum absolute atomic E-state index is 10.4. The Balaban J connectivity index is -0.000000127. The molecule has 0 spiro atoms. The van der Waals surface area contributed by atoms with Crippen molar-refractivity contribution in [1.29, 1.82) is 0 Å². The smallest absolute Gasteiger partial charge is 0.333 e. The molecule has 0 aromatic heterocycles. The highest BCUT2D eigenvalue weighted by molar-refractivity contribution is 5.87. The van der Waals surface area contributed by atoms with E-state index < -0.39 is 0 Å². The minimum Gasteiger partial charge on any atom is -0.466 e. The minimum atomic E-state index is -0.359. The van der Waals surface area contributed by atoms with E-state index in [1.54, 1.807) is 27.7 Å². The SMILES string of the molecule is C=C(C)C(=O)OC.C=C(C)C(=O)OCC.C=CC(=O)OCC.CN(C)C. The normalized spacial score (nSPS) is 8.04. The molecule has 0 aromatic carbocycles. The first-order valence-electron chi connectivity index (χ1n) is 7.87. The molecule has 0 bridgehead atoms. The summed E-state index contributed by atoms with van der Waals surface area (Å²) in [4.78, 5) is 32.7. The molecule has 0 heterocycles. The van der Waals surface area contributed by atoms with Gasteiger partial charge in [-0.2, -0.15) is 0 Å². The Morgan fingerprint density at radius 2 is 1.23 bits per heavy atom. The van der Waals surface area contributed by atoms with Gasteiger partial charge in [0.15, 0.2) is 0 Å². The summed E-state index contributed by atoms with van der Waals surface area (Å²) in [5, 5.41) is 0. The zero-order valence-corrected chi connectivity index (χ0v) is 17.5. The Bertz CT molecular complexity index is 437. The summed E-state index contributed by atoms with van der Waals surface area (Å²) in [7, 11) is 7.33. The lowest BCUT2D eigenvalue weighted by Gasteiger charge is -1.96. The van der Waals surface area contributed by atoms with Crippen LogP contribution in [0.15, 0.2) is 37.0 Å². The topological polar surface area (TPSA) is 82.1 Å². The number of ether oxygens (including phenoxy) is 3. The molecular weight excluding hydrogens is 338 g/mol. The fraction of sp³-hybridized carbons (Fsp3) is 0.526. The third-order valence-electron chi connectivity index (χ3n) is 1.61. The maximum Gasteiger partial charge on any atom is 0.333 e. The standard InChI is InChI=1S/C6H10O2.2C5H8O2.C3H9N/c1-4-8-6(7)5(2)3;1-4(2)5(6)7-3;1-3-5(6)7-4-2;1-4(2)3/h2,4H2,1,3H3;1H2,2-3H3;3H,1,4H2,2H3;1-3H3. The van der Waals surface area contributed by atoms with Crippen LogP contribution in [0.3, 0.4) is 0 Å². The summed E-state index contributed by atoms with van der Waals surface area (Å²) in [6.45, 7) is 17.5. The lowest BCUT2D eigenvalue weighted by Crippen LogP contribution is -2.03. The van der Waals surface area contributed by atoms with Crippen molar-refractivity contribution < 1.29 is 28.6 Å². The molecule has 0 aliphatic heterocycles. The number of nitrogens with zero attached hydrogens (tertiary/aromatic N) is 1. The van der Waals surface area contributed by atoms with Gasteiger partial charge in [0, 0.05) is 17.2 Å². The first-order chi connectivity index (χ1) is 11.9. The van der Waals surface area contributed by atoms with Gasteiger partial charge in [0.1, 0.15) is 0 Å². The van der Waals surface area contributed by atoms with E-state index in [0.29, 0.717) is 24.4 Å². The predicted octanol–water partition coefficient (Wildman–Crippen LogP) is 2.77. The van der Waals surface area contributed by atoms with Gasteiger partial charge in [0.25, 0.3) is 0 Å². The number of hydrogen-bond donors (Lipinski definition) is 0. The van der Waals surface area contributed by atoms with Crippen LogP contribution in [0.4, 0.5) is 0 Å². The summed E-state index contributed by atoms with van der Waals surface area (Å²) in [6.07, 6.45) is 1.14. The molecule has 26 heavy (non-hydrogen) atoms. The first-order valence-corrected chi connectivity index (χ1v) is 7.87. The van der Waals surface area contributed by atoms with E-state index in [9.17, 15) is 14.4 Å². The Kier molecular flexibility index (Phi) is 27.3. The van der Waals surface area contributed by atoms with Crippen molar-refractivity contribution in [2.45, 2.75) is 27.7 Å². The lowest BCUT2D eigenvalue weighted by atomic mass is 10.4. The number of esters is 3. The summed E-state index contributed by atoms with van der Waals surface area (Å²) >= 11 is 0. The van der Waals surface area contributed by atoms with E-state index in [4.69, 9.17) is 0 Å². The number of methoxy groups -OCH3 is 1. The van der Waals surface area contributed by atoms with Crippen LogP contribution in [0, 0.1) is 0 Å². The second-order valence-electron chi connectivity index (χ2n) is 5.07. The summed E-state index contributed by atoms with van der Waals surface area (Å²) < 4.78 is 13.3. The Labute approximate surface area is 158 Å². The number of carbonyl (C=O) groups excluding carboxylic acids is 3. The zero-order valence-electron chi connectivity index (χ0n) is 17.5. The third kappa shape index (κ3) is 37.7. The molecule has 0 rings (SSSR count). The Hall–Kier alpha value is -2.41. The van der Waals surface area contributed by atoms with Crippen LogP contribution >= 0.6 is 0 Å². The van der Waals surface area contributed by atoms with Crippen molar-refractivity contribution in [2.75, 3.05) is 41.5 Å². The van der Waals surface area contributed by atoms with Crippen LogP contribution in [-0.4, -0.2) is 64.3 Å². The second-order valence-corrected chi connectivity index (χ2v) is 5.07. The van der Waals surface area contributed by atoms with Gasteiger partial charge in [0.05, 0.1) is 20.3 Å². The van der Waals surface area contributed by atoms with Crippen molar-refractivity contribution in [2.24, 2.45) is 0 Å². The molecular formula is C19H35NO6. The highest BCUT2D eigenvalue weighted by Crippen LogP contribution is 1.89. The molecule has 7 heteroatoms. The van der Waals surface area contributed by atoms with Gasteiger partial charge >= 0.3 is 17.9 Å². The highest BCUT2D eigenvalue weighted by atomic mass is 16.5. The Morgan fingerprint density at radius 3 is 1.31 bits per heavy atom. The quantitative estimate of drug-likeness (QED) is 0.416. The molecule has 0 radical (unpaired) electrons. The molecule has 7 nitrogen and oxygen atoms in total. The summed E-state index contributed by atoms with van der Waals surface area (Å²) in [6, 6.07) is 0. The lowest BCUT2D eigenvalue weighted by molar-refractivity contribution is -0.138. The molecule has 152 valence electrons. The average Bonchev–Trinajstić information content (AvgIpc) is 2.54. The average molecular weight is 373 g/mol. The van der Waals surface area contributed by atoms with Gasteiger partial charge < -0.3 is 19.1 Å². The molecule has 0 fully saturated rings. The van der Waals surface area contributed by atoms with Gasteiger partial charge in [0.2, 0.25) is 0 Å². The highest BCUT2D eigenvalue weighted by Gasteiger charge is 1.98. The van der Waals surface area contributed by atoms with Crippen LogP contribution in [-0.2, 0) is 28.6 Å². The van der Waals surface area contributed by atoms with E-state index in [1.807, 2.05) is 26.0 Å². The monoisotopic (exact) mass is 373 g/mol. The molecule has 0 unspecified atom stereocenters.